The first-order chi connectivity index (χ1) is 20.1. The van der Waals surface area contributed by atoms with Gasteiger partial charge in [-0.2, -0.15) is 0 Å². The predicted molar refractivity (Wildman–Crippen MR) is 166 cm³/mol. The van der Waals surface area contributed by atoms with Crippen LogP contribution in [-0.2, 0) is 24.4 Å². The monoisotopic (exact) mass is 607 g/mol. The van der Waals surface area contributed by atoms with Gasteiger partial charge in [0.2, 0.25) is 5.91 Å². The molecule has 1 amide bonds. The zero-order valence-corrected chi connectivity index (χ0v) is 25.5. The highest BCUT2D eigenvalue weighted by Crippen LogP contribution is 2.32. The molecule has 0 aliphatic carbocycles. The van der Waals surface area contributed by atoms with E-state index >= 15 is 0 Å². The van der Waals surface area contributed by atoms with Crippen LogP contribution in [0.25, 0.3) is 11.3 Å². The second-order valence-corrected chi connectivity index (χ2v) is 11.4. The Hall–Kier alpha value is -3.81. The molecule has 1 atom stereocenters. The SMILES string of the molecule is CCCCn1cc(-c2ccc(Cl)cc2Cl)nc1[C@H](Cc1ccc(OCc2ccc(C(=O)O)cc2)cc1)NC(=O)C(C)C. The minimum atomic E-state index is -0.959. The van der Waals surface area contributed by atoms with Crippen molar-refractivity contribution in [1.29, 1.82) is 0 Å². The van der Waals surface area contributed by atoms with Gasteiger partial charge in [0.1, 0.15) is 18.2 Å². The first-order valence-corrected chi connectivity index (χ1v) is 14.8. The number of benzene rings is 3. The Kier molecular flexibility index (Phi) is 10.7. The third kappa shape index (κ3) is 8.14. The number of nitrogens with one attached hydrogen (secondary N) is 1. The number of ether oxygens (including phenoxy) is 1. The van der Waals surface area contributed by atoms with Crippen molar-refractivity contribution in [2.45, 2.75) is 59.2 Å². The van der Waals surface area contributed by atoms with E-state index in [0.717, 1.165) is 47.6 Å². The van der Waals surface area contributed by atoms with Crippen LogP contribution < -0.4 is 10.1 Å². The van der Waals surface area contributed by atoms with Crippen molar-refractivity contribution < 1.29 is 19.4 Å². The zero-order chi connectivity index (χ0) is 30.2. The van der Waals surface area contributed by atoms with Crippen LogP contribution in [0.15, 0.2) is 72.9 Å². The highest BCUT2D eigenvalue weighted by atomic mass is 35.5. The molecule has 4 aromatic rings. The highest BCUT2D eigenvalue weighted by molar-refractivity contribution is 6.36. The van der Waals surface area contributed by atoms with E-state index in [9.17, 15) is 9.59 Å². The molecule has 42 heavy (non-hydrogen) atoms. The van der Waals surface area contributed by atoms with Gasteiger partial charge in [-0.25, -0.2) is 9.78 Å². The van der Waals surface area contributed by atoms with E-state index in [1.54, 1.807) is 36.4 Å². The molecule has 3 aromatic carbocycles. The second-order valence-electron chi connectivity index (χ2n) is 10.5. The summed E-state index contributed by atoms with van der Waals surface area (Å²) in [7, 11) is 0. The summed E-state index contributed by atoms with van der Waals surface area (Å²) >= 11 is 12.7. The first kappa shape index (κ1) is 31.1. The normalized spacial score (nSPS) is 11.9. The van der Waals surface area contributed by atoms with Gasteiger partial charge >= 0.3 is 5.97 Å². The molecule has 0 aliphatic rings. The topological polar surface area (TPSA) is 93.5 Å². The van der Waals surface area contributed by atoms with Gasteiger partial charge in [0.25, 0.3) is 0 Å². The molecule has 4 rings (SSSR count). The molecule has 7 nitrogen and oxygen atoms in total. The van der Waals surface area contributed by atoms with Gasteiger partial charge in [-0.15, -0.1) is 0 Å². The van der Waals surface area contributed by atoms with Crippen LogP contribution in [0.1, 0.15) is 67.0 Å². The average molecular weight is 609 g/mol. The van der Waals surface area contributed by atoms with Gasteiger partial charge in [-0.1, -0.05) is 74.7 Å². The van der Waals surface area contributed by atoms with Crippen molar-refractivity contribution in [3.8, 4) is 17.0 Å². The number of aromatic nitrogens is 2. The van der Waals surface area contributed by atoms with E-state index in [2.05, 4.69) is 16.8 Å². The number of carbonyl (C=O) groups is 2. The number of hydrogen-bond donors (Lipinski definition) is 2. The fourth-order valence-electron chi connectivity index (χ4n) is 4.46. The lowest BCUT2D eigenvalue weighted by Crippen LogP contribution is -2.34. The zero-order valence-electron chi connectivity index (χ0n) is 23.9. The molecule has 0 aliphatic heterocycles. The van der Waals surface area contributed by atoms with Crippen LogP contribution in [0.3, 0.4) is 0 Å². The first-order valence-electron chi connectivity index (χ1n) is 14.0. The Bertz CT molecular complexity index is 1520. The fourth-order valence-corrected chi connectivity index (χ4v) is 4.96. The third-order valence-electron chi connectivity index (χ3n) is 6.89. The fraction of sp³-hybridized carbons (Fsp3) is 0.303. The summed E-state index contributed by atoms with van der Waals surface area (Å²) in [6, 6.07) is 19.3. The Balaban J connectivity index is 1.57. The molecule has 0 saturated heterocycles. The standard InChI is InChI=1S/C33H35Cl2N3O4/c1-4-5-16-38-19-30(27-15-12-25(34)18-28(27)35)36-31(38)29(37-32(39)21(2)3)17-22-8-13-26(14-9-22)42-20-23-6-10-24(11-7-23)33(40)41/h6-15,18-19,21,29H,4-5,16-17,20H2,1-3H3,(H,37,39)(H,40,41)/t29-/m0/s1. The van der Waals surface area contributed by atoms with Crippen LogP contribution in [0.2, 0.25) is 10.0 Å². The van der Waals surface area contributed by atoms with Crippen LogP contribution >= 0.6 is 23.2 Å². The molecule has 9 heteroatoms. The predicted octanol–water partition coefficient (Wildman–Crippen LogP) is 7.99. The van der Waals surface area contributed by atoms with E-state index in [-0.39, 0.29) is 23.4 Å². The number of halogens is 2. The quantitative estimate of drug-likeness (QED) is 0.161. The molecule has 1 aromatic heterocycles. The van der Waals surface area contributed by atoms with Gasteiger partial charge < -0.3 is 19.7 Å². The lowest BCUT2D eigenvalue weighted by Gasteiger charge is -2.21. The van der Waals surface area contributed by atoms with Crippen molar-refractivity contribution in [3.63, 3.8) is 0 Å². The molecule has 0 fully saturated rings. The minimum absolute atomic E-state index is 0.0509. The maximum Gasteiger partial charge on any atom is 0.335 e. The number of nitrogens with zero attached hydrogens (tertiary/aromatic N) is 2. The summed E-state index contributed by atoms with van der Waals surface area (Å²) in [5.74, 6) is 0.261. The van der Waals surface area contributed by atoms with Crippen molar-refractivity contribution in [2.75, 3.05) is 0 Å². The molecular formula is C33H35Cl2N3O4. The molecular weight excluding hydrogens is 573 g/mol. The van der Waals surface area contributed by atoms with E-state index in [0.29, 0.717) is 28.8 Å². The number of unbranched alkanes of at least 4 members (excludes halogenated alkanes) is 1. The van der Waals surface area contributed by atoms with Crippen molar-refractivity contribution >= 4 is 35.1 Å². The number of carboxylic acid groups (broad SMARTS) is 1. The second kappa shape index (κ2) is 14.4. The Morgan fingerprint density at radius 3 is 2.31 bits per heavy atom. The van der Waals surface area contributed by atoms with Gasteiger partial charge in [-0.3, -0.25) is 4.79 Å². The summed E-state index contributed by atoms with van der Waals surface area (Å²) in [5, 5.41) is 13.4. The van der Waals surface area contributed by atoms with Gasteiger partial charge in [0, 0.05) is 29.2 Å². The molecule has 0 spiro atoms. The van der Waals surface area contributed by atoms with Gasteiger partial charge in [0.05, 0.1) is 22.3 Å². The largest absolute Gasteiger partial charge is 0.489 e. The summed E-state index contributed by atoms with van der Waals surface area (Å²) in [6.45, 7) is 6.96. The van der Waals surface area contributed by atoms with Crippen LogP contribution in [0.5, 0.6) is 5.75 Å². The lowest BCUT2D eigenvalue weighted by atomic mass is 10.0. The highest BCUT2D eigenvalue weighted by Gasteiger charge is 2.24. The Morgan fingerprint density at radius 2 is 1.69 bits per heavy atom. The maximum absolute atomic E-state index is 12.9. The average Bonchev–Trinajstić information content (AvgIpc) is 3.39. The number of amides is 1. The van der Waals surface area contributed by atoms with E-state index in [4.69, 9.17) is 38.0 Å². The maximum atomic E-state index is 12.9. The summed E-state index contributed by atoms with van der Waals surface area (Å²) in [5.41, 5.74) is 3.63. The molecule has 0 saturated carbocycles. The number of aryl methyl sites for hydroxylation is 1. The number of carboxylic acids is 1. The number of rotatable bonds is 13. The molecule has 220 valence electrons. The summed E-state index contributed by atoms with van der Waals surface area (Å²) in [6.07, 6.45) is 4.51. The van der Waals surface area contributed by atoms with Gasteiger partial charge in [-0.05, 0) is 66.4 Å². The lowest BCUT2D eigenvalue weighted by molar-refractivity contribution is -0.124. The van der Waals surface area contributed by atoms with Gasteiger partial charge in [0.15, 0.2) is 0 Å². The smallest absolute Gasteiger partial charge is 0.335 e. The molecule has 2 N–H and O–H groups in total. The number of hydrogen-bond acceptors (Lipinski definition) is 4. The number of imidazole rings is 1. The Labute approximate surface area is 256 Å². The summed E-state index contributed by atoms with van der Waals surface area (Å²) in [4.78, 5) is 29.0. The van der Waals surface area contributed by atoms with Crippen molar-refractivity contribution in [1.82, 2.24) is 14.9 Å². The molecule has 0 unspecified atom stereocenters. The summed E-state index contributed by atoms with van der Waals surface area (Å²) < 4.78 is 8.03. The van der Waals surface area contributed by atoms with E-state index in [1.807, 2.05) is 50.4 Å². The molecule has 1 heterocycles. The Morgan fingerprint density at radius 1 is 1.00 bits per heavy atom. The third-order valence-corrected chi connectivity index (χ3v) is 7.44. The molecule has 0 bridgehead atoms. The minimum Gasteiger partial charge on any atom is -0.489 e. The van der Waals surface area contributed by atoms with Crippen LogP contribution in [0.4, 0.5) is 0 Å². The number of carbonyl (C=O) groups excluding carboxylic acids is 1. The van der Waals surface area contributed by atoms with Crippen LogP contribution in [-0.4, -0.2) is 26.5 Å². The van der Waals surface area contributed by atoms with Crippen LogP contribution in [0, 0.1) is 5.92 Å². The van der Waals surface area contributed by atoms with E-state index in [1.165, 1.54) is 0 Å². The molecule has 0 radical (unpaired) electrons. The van der Waals surface area contributed by atoms with Crippen molar-refractivity contribution in [3.05, 3.63) is 105 Å². The van der Waals surface area contributed by atoms with E-state index < -0.39 is 5.97 Å². The number of aromatic carboxylic acids is 1. The van der Waals surface area contributed by atoms with Crippen molar-refractivity contribution in [2.24, 2.45) is 5.92 Å².